The molecule has 0 radical (unpaired) electrons. The molecule has 0 saturated heterocycles. The number of rotatable bonds is 27. The summed E-state index contributed by atoms with van der Waals surface area (Å²) in [5, 5.41) is 0. The molecule has 0 spiro atoms. The van der Waals surface area contributed by atoms with Crippen LogP contribution in [0.4, 0.5) is 0 Å². The summed E-state index contributed by atoms with van der Waals surface area (Å²) in [5.74, 6) is 0. The fourth-order valence-electron chi connectivity index (χ4n) is 4.97. The van der Waals surface area contributed by atoms with E-state index in [1.807, 2.05) is 14.7 Å². The third-order valence-electron chi connectivity index (χ3n) is 7.95. The van der Waals surface area contributed by atoms with E-state index in [4.69, 9.17) is 0 Å². The number of nitrogens with one attached hydrogen (secondary N) is 3. The Labute approximate surface area is 300 Å². The minimum absolute atomic E-state index is 0. The highest BCUT2D eigenvalue weighted by Crippen LogP contribution is 1.88. The summed E-state index contributed by atoms with van der Waals surface area (Å²) in [4.78, 5) is 5.52. The average molecular weight is 799 g/mol. The van der Waals surface area contributed by atoms with Gasteiger partial charge in [0.05, 0.1) is 58.9 Å². The molecular formula is C36H84Br3N3. The molecule has 0 bridgehead atoms. The second-order valence-corrected chi connectivity index (χ2v) is 12.2. The van der Waals surface area contributed by atoms with Gasteiger partial charge in [-0.1, -0.05) is 120 Å². The Bertz CT molecular complexity index is 289. The predicted octanol–water partition coefficient (Wildman–Crippen LogP) is -2.17. The lowest BCUT2D eigenvalue weighted by Gasteiger charge is -2.18. The van der Waals surface area contributed by atoms with E-state index in [0.29, 0.717) is 0 Å². The number of hydrogen-bond donors (Lipinski definition) is 3. The molecule has 0 aromatic heterocycles. The predicted molar refractivity (Wildman–Crippen MR) is 181 cm³/mol. The van der Waals surface area contributed by atoms with E-state index in [0.717, 1.165) is 0 Å². The molecule has 0 unspecified atom stereocenters. The summed E-state index contributed by atoms with van der Waals surface area (Å²) in [6.45, 7) is 33.2. The van der Waals surface area contributed by atoms with Crippen molar-refractivity contribution in [3.63, 3.8) is 0 Å². The summed E-state index contributed by atoms with van der Waals surface area (Å²) < 4.78 is 0. The highest BCUT2D eigenvalue weighted by atomic mass is 79.9. The first-order valence-corrected chi connectivity index (χ1v) is 18.5. The van der Waals surface area contributed by atoms with E-state index < -0.39 is 0 Å². The van der Waals surface area contributed by atoms with Crippen LogP contribution in [0.5, 0.6) is 0 Å². The van der Waals surface area contributed by atoms with Gasteiger partial charge in [0.25, 0.3) is 0 Å². The van der Waals surface area contributed by atoms with Gasteiger partial charge >= 0.3 is 0 Å². The maximum absolute atomic E-state index is 2.29. The monoisotopic (exact) mass is 795 g/mol. The Balaban J connectivity index is -0.000000112. The molecule has 6 heteroatoms. The maximum Gasteiger partial charge on any atom is 0.0770 e. The van der Waals surface area contributed by atoms with Crippen molar-refractivity contribution in [2.24, 2.45) is 0 Å². The van der Waals surface area contributed by atoms with Crippen molar-refractivity contribution in [1.82, 2.24) is 0 Å². The molecule has 264 valence electrons. The Morgan fingerprint density at radius 3 is 0.381 bits per heavy atom. The second kappa shape index (κ2) is 51.9. The maximum atomic E-state index is 2.29. The smallest absolute Gasteiger partial charge is 0.0770 e. The summed E-state index contributed by atoms with van der Waals surface area (Å²) >= 11 is 0. The standard InChI is InChI=1S/3C12H27N.3BrH/c3*1-4-7-10-13(11-8-5-2)12-9-6-3;;;/h3*4-12H2,1-3H3;3*1H. The molecule has 0 heterocycles. The number of unbranched alkanes of at least 4 members (excludes halogenated alkanes) is 9. The first-order valence-electron chi connectivity index (χ1n) is 18.5. The highest BCUT2D eigenvalue weighted by molar-refractivity contribution is 4.39. The van der Waals surface area contributed by atoms with E-state index in [-0.39, 0.29) is 50.9 Å². The van der Waals surface area contributed by atoms with Crippen LogP contribution in [-0.2, 0) is 0 Å². The Morgan fingerprint density at radius 2 is 0.310 bits per heavy atom. The van der Waals surface area contributed by atoms with E-state index in [2.05, 4.69) is 62.3 Å². The first kappa shape index (κ1) is 55.7. The van der Waals surface area contributed by atoms with Gasteiger partial charge in [0.1, 0.15) is 0 Å². The third kappa shape index (κ3) is 48.2. The fraction of sp³-hybridized carbons (Fsp3) is 1.00. The van der Waals surface area contributed by atoms with E-state index >= 15 is 0 Å². The zero-order valence-electron chi connectivity index (χ0n) is 30.7. The van der Waals surface area contributed by atoms with Gasteiger partial charge in [0, 0.05) is 0 Å². The van der Waals surface area contributed by atoms with Gasteiger partial charge in [-0.05, 0) is 57.8 Å². The molecule has 3 N–H and O–H groups in total. The van der Waals surface area contributed by atoms with Crippen molar-refractivity contribution in [2.45, 2.75) is 178 Å². The van der Waals surface area contributed by atoms with Gasteiger partial charge in [-0.2, -0.15) is 0 Å². The SMILES string of the molecule is CCCC[NH+](CCCC)CCCC.CCCC[NH+](CCCC)CCCC.CCCC[NH+](CCCC)CCCC.[Br-].[Br-].[Br-]. The molecule has 0 fully saturated rings. The normalized spacial score (nSPS) is 10.3. The van der Waals surface area contributed by atoms with Crippen LogP contribution in [0.2, 0.25) is 0 Å². The van der Waals surface area contributed by atoms with Crippen molar-refractivity contribution >= 4 is 0 Å². The fourth-order valence-corrected chi connectivity index (χ4v) is 4.97. The molecular weight excluding hydrogens is 714 g/mol. The van der Waals surface area contributed by atoms with Gasteiger partial charge in [0.15, 0.2) is 0 Å². The van der Waals surface area contributed by atoms with Crippen LogP contribution in [-0.4, -0.2) is 58.9 Å². The topological polar surface area (TPSA) is 13.3 Å². The van der Waals surface area contributed by atoms with E-state index in [9.17, 15) is 0 Å². The number of quaternary nitrogens is 3. The van der Waals surface area contributed by atoms with Crippen LogP contribution in [0.15, 0.2) is 0 Å². The molecule has 0 aromatic rings. The summed E-state index contributed by atoms with van der Waals surface area (Å²) in [5.41, 5.74) is 0. The quantitative estimate of drug-likeness (QED) is 0.0839. The molecule has 0 amide bonds. The zero-order valence-corrected chi connectivity index (χ0v) is 35.5. The van der Waals surface area contributed by atoms with Crippen molar-refractivity contribution in [1.29, 1.82) is 0 Å². The van der Waals surface area contributed by atoms with E-state index in [1.165, 1.54) is 174 Å². The summed E-state index contributed by atoms with van der Waals surface area (Å²) in [6, 6.07) is 0. The highest BCUT2D eigenvalue weighted by Gasteiger charge is 2.07. The Morgan fingerprint density at radius 1 is 0.214 bits per heavy atom. The summed E-state index contributed by atoms with van der Waals surface area (Å²) in [6.07, 6.45) is 24.8. The van der Waals surface area contributed by atoms with Crippen LogP contribution < -0.4 is 65.6 Å². The molecule has 0 aliphatic rings. The van der Waals surface area contributed by atoms with Crippen LogP contribution in [0, 0.1) is 0 Å². The molecule has 0 saturated carbocycles. The van der Waals surface area contributed by atoms with Crippen molar-refractivity contribution in [3.8, 4) is 0 Å². The number of halogens is 3. The lowest BCUT2D eigenvalue weighted by atomic mass is 10.2. The largest absolute Gasteiger partial charge is 1.00 e. The molecule has 42 heavy (non-hydrogen) atoms. The lowest BCUT2D eigenvalue weighted by Crippen LogP contribution is -3.12. The van der Waals surface area contributed by atoms with Crippen molar-refractivity contribution in [2.75, 3.05) is 58.9 Å². The van der Waals surface area contributed by atoms with Crippen molar-refractivity contribution < 1.29 is 65.6 Å². The Kier molecular flexibility index (Phi) is 68.8. The Hall–Kier alpha value is 1.32. The molecule has 3 nitrogen and oxygen atoms in total. The summed E-state index contributed by atoms with van der Waals surface area (Å²) in [7, 11) is 0. The minimum atomic E-state index is 0. The van der Waals surface area contributed by atoms with Gasteiger partial charge in [-0.3, -0.25) is 0 Å². The molecule has 0 atom stereocenters. The number of hydrogen-bond acceptors (Lipinski definition) is 0. The average Bonchev–Trinajstić information content (AvgIpc) is 2.96. The minimum Gasteiger partial charge on any atom is -1.00 e. The second-order valence-electron chi connectivity index (χ2n) is 12.2. The van der Waals surface area contributed by atoms with Gasteiger partial charge in [-0.25, -0.2) is 0 Å². The molecule has 0 aliphatic heterocycles. The first-order chi connectivity index (χ1) is 19.0. The van der Waals surface area contributed by atoms with Crippen molar-refractivity contribution in [3.05, 3.63) is 0 Å². The van der Waals surface area contributed by atoms with Crippen LogP contribution in [0.25, 0.3) is 0 Å². The van der Waals surface area contributed by atoms with Crippen LogP contribution >= 0.6 is 0 Å². The molecule has 0 rings (SSSR count). The third-order valence-corrected chi connectivity index (χ3v) is 7.95. The van der Waals surface area contributed by atoms with Gasteiger partial charge in [-0.15, -0.1) is 0 Å². The van der Waals surface area contributed by atoms with Gasteiger partial charge < -0.3 is 65.6 Å². The van der Waals surface area contributed by atoms with Gasteiger partial charge in [0.2, 0.25) is 0 Å². The van der Waals surface area contributed by atoms with E-state index in [1.54, 1.807) is 0 Å². The molecule has 0 aromatic carbocycles. The lowest BCUT2D eigenvalue weighted by molar-refractivity contribution is -0.900. The van der Waals surface area contributed by atoms with Crippen LogP contribution in [0.1, 0.15) is 178 Å². The zero-order chi connectivity index (χ0) is 29.8. The van der Waals surface area contributed by atoms with Crippen LogP contribution in [0.3, 0.4) is 0 Å². The molecule has 0 aliphatic carbocycles.